The molecule has 0 heterocycles. The Bertz CT molecular complexity index is 528. The van der Waals surface area contributed by atoms with Gasteiger partial charge in [-0.05, 0) is 37.5 Å². The lowest BCUT2D eigenvalue weighted by Crippen LogP contribution is -2.11. The van der Waals surface area contributed by atoms with Gasteiger partial charge < -0.3 is 9.47 Å². The van der Waals surface area contributed by atoms with Crippen LogP contribution in [0, 0.1) is 6.92 Å². The number of aryl methyl sites for hydroxylation is 1. The maximum Gasteiger partial charge on any atom is 0.311 e. The monoisotopic (exact) mass is 354 g/mol. The topological polar surface area (TPSA) is 52.6 Å². The van der Waals surface area contributed by atoms with E-state index in [1.807, 2.05) is 13.0 Å². The van der Waals surface area contributed by atoms with Crippen molar-refractivity contribution < 1.29 is 19.1 Å². The average Bonchev–Trinajstić information content (AvgIpc) is 2.54. The van der Waals surface area contributed by atoms with Crippen LogP contribution in [0.25, 0.3) is 0 Å². The van der Waals surface area contributed by atoms with E-state index in [1.54, 1.807) is 12.1 Å². The lowest BCUT2D eigenvalue weighted by molar-refractivity contribution is -0.144. The van der Waals surface area contributed by atoms with Crippen molar-refractivity contribution in [3.8, 4) is 5.75 Å². The van der Waals surface area contributed by atoms with Gasteiger partial charge >= 0.3 is 11.9 Å². The molecule has 0 spiro atoms. The number of hydrogen-bond donors (Lipinski definition) is 0. The largest absolute Gasteiger partial charge is 0.466 e. The molecule has 0 aliphatic heterocycles. The first-order valence-corrected chi connectivity index (χ1v) is 9.03. The van der Waals surface area contributed by atoms with Crippen LogP contribution in [-0.4, -0.2) is 18.5 Å². The predicted octanol–water partition coefficient (Wildman–Crippen LogP) is 5.24. The Kier molecular flexibility index (Phi) is 10.2. The fourth-order valence-electron chi connectivity index (χ4n) is 2.20. The minimum Gasteiger partial charge on any atom is -0.466 e. The van der Waals surface area contributed by atoms with Crippen LogP contribution in [0.3, 0.4) is 0 Å². The predicted molar refractivity (Wildman–Crippen MR) is 95.4 cm³/mol. The third kappa shape index (κ3) is 8.92. The first-order valence-electron chi connectivity index (χ1n) is 8.65. The van der Waals surface area contributed by atoms with Crippen LogP contribution in [-0.2, 0) is 14.3 Å². The zero-order valence-corrected chi connectivity index (χ0v) is 15.4. The molecule has 0 N–H and O–H groups in total. The number of rotatable bonds is 11. The second-order valence-corrected chi connectivity index (χ2v) is 6.30. The van der Waals surface area contributed by atoms with E-state index in [-0.39, 0.29) is 18.8 Å². The molecule has 1 aromatic carbocycles. The minimum absolute atomic E-state index is 0.163. The Labute approximate surface area is 149 Å². The summed E-state index contributed by atoms with van der Waals surface area (Å²) >= 11 is 5.98. The third-order valence-electron chi connectivity index (χ3n) is 3.58. The van der Waals surface area contributed by atoms with Crippen LogP contribution in [0.4, 0.5) is 0 Å². The number of hydrogen-bond acceptors (Lipinski definition) is 4. The van der Waals surface area contributed by atoms with Crippen molar-refractivity contribution >= 4 is 23.5 Å². The standard InChI is InChI=1S/C19H27ClO4/c1-3-4-5-6-7-13-23-18(21)9-8-10-19(22)24-17-14-15(2)11-12-16(17)20/h11-12,14H,3-10,13H2,1-2H3. The molecular formula is C19H27ClO4. The lowest BCUT2D eigenvalue weighted by Gasteiger charge is -2.07. The molecule has 0 radical (unpaired) electrons. The van der Waals surface area contributed by atoms with Crippen molar-refractivity contribution in [2.24, 2.45) is 0 Å². The van der Waals surface area contributed by atoms with Gasteiger partial charge in [0.2, 0.25) is 0 Å². The molecule has 0 saturated heterocycles. The highest BCUT2D eigenvalue weighted by molar-refractivity contribution is 6.32. The molecule has 0 aliphatic rings. The van der Waals surface area contributed by atoms with E-state index >= 15 is 0 Å². The van der Waals surface area contributed by atoms with Crippen molar-refractivity contribution in [1.82, 2.24) is 0 Å². The molecule has 134 valence electrons. The van der Waals surface area contributed by atoms with Gasteiger partial charge in [0, 0.05) is 12.8 Å². The number of benzene rings is 1. The summed E-state index contributed by atoms with van der Waals surface area (Å²) < 4.78 is 10.4. The summed E-state index contributed by atoms with van der Waals surface area (Å²) in [5.41, 5.74) is 0.963. The third-order valence-corrected chi connectivity index (χ3v) is 3.90. The second-order valence-electron chi connectivity index (χ2n) is 5.90. The van der Waals surface area contributed by atoms with E-state index in [1.165, 1.54) is 19.3 Å². The smallest absolute Gasteiger partial charge is 0.311 e. The summed E-state index contributed by atoms with van der Waals surface area (Å²) in [6.07, 6.45) is 6.40. The van der Waals surface area contributed by atoms with Gasteiger partial charge in [-0.1, -0.05) is 50.3 Å². The second kappa shape index (κ2) is 11.9. The summed E-state index contributed by atoms with van der Waals surface area (Å²) in [6, 6.07) is 5.25. The van der Waals surface area contributed by atoms with E-state index < -0.39 is 5.97 Å². The number of halogens is 1. The average molecular weight is 355 g/mol. The lowest BCUT2D eigenvalue weighted by atomic mass is 10.2. The maximum atomic E-state index is 11.8. The quantitative estimate of drug-likeness (QED) is 0.310. The molecule has 0 bridgehead atoms. The normalized spacial score (nSPS) is 10.5. The van der Waals surface area contributed by atoms with Crippen LogP contribution in [0.5, 0.6) is 5.75 Å². The van der Waals surface area contributed by atoms with E-state index in [9.17, 15) is 9.59 Å². The summed E-state index contributed by atoms with van der Waals surface area (Å²) in [5, 5.41) is 0.399. The molecule has 1 rings (SSSR count). The Morgan fingerprint density at radius 3 is 2.46 bits per heavy atom. The van der Waals surface area contributed by atoms with Crippen molar-refractivity contribution in [2.75, 3.05) is 6.61 Å². The summed E-state index contributed by atoms with van der Waals surface area (Å²) in [7, 11) is 0. The minimum atomic E-state index is -0.394. The first-order chi connectivity index (χ1) is 11.5. The van der Waals surface area contributed by atoms with Gasteiger partial charge in [-0.3, -0.25) is 9.59 Å². The van der Waals surface area contributed by atoms with Crippen LogP contribution < -0.4 is 4.74 Å². The highest BCUT2D eigenvalue weighted by Crippen LogP contribution is 2.25. The van der Waals surface area contributed by atoms with Gasteiger partial charge in [-0.15, -0.1) is 0 Å². The maximum absolute atomic E-state index is 11.8. The van der Waals surface area contributed by atoms with E-state index in [4.69, 9.17) is 21.1 Å². The summed E-state index contributed by atoms with van der Waals surface area (Å²) in [5.74, 6) is -0.293. The number of carbonyl (C=O) groups excluding carboxylic acids is 2. The van der Waals surface area contributed by atoms with Crippen LogP contribution in [0.15, 0.2) is 18.2 Å². The number of carbonyl (C=O) groups is 2. The Morgan fingerprint density at radius 2 is 1.71 bits per heavy atom. The Hall–Kier alpha value is -1.55. The van der Waals surface area contributed by atoms with Crippen LogP contribution in [0.2, 0.25) is 5.02 Å². The highest BCUT2D eigenvalue weighted by atomic mass is 35.5. The molecule has 0 unspecified atom stereocenters. The number of ether oxygens (including phenoxy) is 2. The Balaban J connectivity index is 2.14. The zero-order chi connectivity index (χ0) is 17.8. The van der Waals surface area contributed by atoms with Crippen molar-refractivity contribution in [3.05, 3.63) is 28.8 Å². The molecule has 24 heavy (non-hydrogen) atoms. The number of unbranched alkanes of at least 4 members (excludes halogenated alkanes) is 4. The fourth-order valence-corrected chi connectivity index (χ4v) is 2.36. The molecular weight excluding hydrogens is 328 g/mol. The highest BCUT2D eigenvalue weighted by Gasteiger charge is 2.10. The van der Waals surface area contributed by atoms with E-state index in [0.29, 0.717) is 23.8 Å². The van der Waals surface area contributed by atoms with Crippen molar-refractivity contribution in [3.63, 3.8) is 0 Å². The fraction of sp³-hybridized carbons (Fsp3) is 0.579. The van der Waals surface area contributed by atoms with E-state index in [2.05, 4.69) is 6.92 Å². The Morgan fingerprint density at radius 1 is 1.00 bits per heavy atom. The van der Waals surface area contributed by atoms with Gasteiger partial charge in [0.1, 0.15) is 5.75 Å². The molecule has 4 nitrogen and oxygen atoms in total. The molecule has 5 heteroatoms. The molecule has 0 saturated carbocycles. The van der Waals surface area contributed by atoms with Crippen molar-refractivity contribution in [1.29, 1.82) is 0 Å². The van der Waals surface area contributed by atoms with E-state index in [0.717, 1.165) is 18.4 Å². The van der Waals surface area contributed by atoms with Crippen LogP contribution >= 0.6 is 11.6 Å². The summed E-state index contributed by atoms with van der Waals surface area (Å²) in [4.78, 5) is 23.4. The first kappa shape index (κ1) is 20.5. The molecule has 0 aromatic heterocycles. The SMILES string of the molecule is CCCCCCCOC(=O)CCCC(=O)Oc1cc(C)ccc1Cl. The zero-order valence-electron chi connectivity index (χ0n) is 14.6. The molecule has 1 aromatic rings. The van der Waals surface area contributed by atoms with Gasteiger partial charge in [0.15, 0.2) is 0 Å². The van der Waals surface area contributed by atoms with Gasteiger partial charge in [-0.2, -0.15) is 0 Å². The molecule has 0 amide bonds. The van der Waals surface area contributed by atoms with Crippen LogP contribution in [0.1, 0.15) is 63.9 Å². The van der Waals surface area contributed by atoms with Gasteiger partial charge in [0.25, 0.3) is 0 Å². The van der Waals surface area contributed by atoms with Gasteiger partial charge in [-0.25, -0.2) is 0 Å². The number of esters is 2. The van der Waals surface area contributed by atoms with Gasteiger partial charge in [0.05, 0.1) is 11.6 Å². The molecule has 0 aliphatic carbocycles. The molecule has 0 atom stereocenters. The summed E-state index contributed by atoms with van der Waals surface area (Å²) in [6.45, 7) is 4.52. The van der Waals surface area contributed by atoms with Crippen molar-refractivity contribution in [2.45, 2.75) is 65.2 Å². The molecule has 0 fully saturated rings.